The highest BCUT2D eigenvalue weighted by atomic mass is 32.2. The lowest BCUT2D eigenvalue weighted by atomic mass is 9.76. The van der Waals surface area contributed by atoms with Crippen LogP contribution in [0, 0.1) is 12.3 Å². The number of fused-ring (bicyclic) bond motifs is 1. The number of Topliss-reactive ketones (excluding diaryl/α,β-unsaturated/α-hetero) is 1. The van der Waals surface area contributed by atoms with Gasteiger partial charge in [0, 0.05) is 52.7 Å². The van der Waals surface area contributed by atoms with E-state index in [9.17, 15) is 9.00 Å². The fourth-order valence-electron chi connectivity index (χ4n) is 2.74. The zero-order valence-corrected chi connectivity index (χ0v) is 12.4. The van der Waals surface area contributed by atoms with Crippen molar-refractivity contribution in [3.63, 3.8) is 0 Å². The van der Waals surface area contributed by atoms with E-state index in [1.165, 1.54) is 0 Å². The van der Waals surface area contributed by atoms with Gasteiger partial charge in [0.05, 0.1) is 0 Å². The summed E-state index contributed by atoms with van der Waals surface area (Å²) < 4.78 is 13.4. The summed E-state index contributed by atoms with van der Waals surface area (Å²) in [6.07, 6.45) is 3.28. The first-order valence-corrected chi connectivity index (χ1v) is 8.05. The van der Waals surface area contributed by atoms with Gasteiger partial charge in [-0.1, -0.05) is 13.8 Å². The van der Waals surface area contributed by atoms with Gasteiger partial charge in [-0.2, -0.15) is 0 Å². The fourth-order valence-corrected chi connectivity index (χ4v) is 3.18. The highest BCUT2D eigenvalue weighted by Crippen LogP contribution is 2.36. The number of hydrogen-bond donors (Lipinski definition) is 0. The first-order chi connectivity index (χ1) is 8.30. The molecule has 0 aliphatic heterocycles. The quantitative estimate of drug-likeness (QED) is 0.843. The topological polar surface area (TPSA) is 39.1 Å². The van der Waals surface area contributed by atoms with Gasteiger partial charge in [-0.05, 0) is 24.8 Å². The zero-order valence-electron chi connectivity index (χ0n) is 11.6. The van der Waals surface area contributed by atoms with Crippen LogP contribution in [0.4, 0.5) is 0 Å². The standard InChI is InChI=1S/C14H21NO2S/c1-10-7-11-12(15(10)5-6-18(4)17)8-14(2,3)9-13(11)16/h7H,5-6,8-9H2,1-4H3. The number of carbonyl (C=O) groups excluding carboxylic acids is 1. The van der Waals surface area contributed by atoms with Crippen molar-refractivity contribution in [3.05, 3.63) is 23.0 Å². The average Bonchev–Trinajstić information content (AvgIpc) is 2.50. The molecule has 0 spiro atoms. The monoisotopic (exact) mass is 267 g/mol. The molecule has 0 saturated carbocycles. The number of carbonyl (C=O) groups is 1. The third-order valence-electron chi connectivity index (χ3n) is 3.60. The predicted octanol–water partition coefficient (Wildman–Crippen LogP) is 2.33. The Morgan fingerprint density at radius 2 is 2.06 bits per heavy atom. The molecule has 4 heteroatoms. The van der Waals surface area contributed by atoms with E-state index in [4.69, 9.17) is 0 Å². The maximum atomic E-state index is 12.1. The summed E-state index contributed by atoms with van der Waals surface area (Å²) in [6, 6.07) is 1.99. The molecule has 1 atom stereocenters. The Bertz CT molecular complexity index is 514. The molecule has 1 unspecified atom stereocenters. The number of ketones is 1. The van der Waals surface area contributed by atoms with Gasteiger partial charge in [-0.3, -0.25) is 9.00 Å². The Kier molecular flexibility index (Phi) is 3.49. The first-order valence-electron chi connectivity index (χ1n) is 6.32. The van der Waals surface area contributed by atoms with Crippen LogP contribution in [-0.2, 0) is 23.8 Å². The van der Waals surface area contributed by atoms with Crippen molar-refractivity contribution in [1.29, 1.82) is 0 Å². The van der Waals surface area contributed by atoms with Crippen LogP contribution in [0.15, 0.2) is 6.07 Å². The predicted molar refractivity (Wildman–Crippen MR) is 74.5 cm³/mol. The Labute approximate surface area is 111 Å². The summed E-state index contributed by atoms with van der Waals surface area (Å²) in [7, 11) is -0.793. The fraction of sp³-hybridized carbons (Fsp3) is 0.643. The highest BCUT2D eigenvalue weighted by Gasteiger charge is 2.33. The molecule has 1 aromatic rings. The normalized spacial score (nSPS) is 19.7. The van der Waals surface area contributed by atoms with Crippen LogP contribution in [0.25, 0.3) is 0 Å². The molecule has 0 saturated heterocycles. The highest BCUT2D eigenvalue weighted by molar-refractivity contribution is 7.84. The van der Waals surface area contributed by atoms with Gasteiger partial charge in [0.2, 0.25) is 0 Å². The smallest absolute Gasteiger partial charge is 0.165 e. The molecule has 100 valence electrons. The second kappa shape index (κ2) is 4.65. The lowest BCUT2D eigenvalue weighted by Gasteiger charge is -2.29. The van der Waals surface area contributed by atoms with E-state index in [1.807, 2.05) is 13.0 Å². The molecule has 1 heterocycles. The largest absolute Gasteiger partial charge is 0.347 e. The summed E-state index contributed by atoms with van der Waals surface area (Å²) in [6.45, 7) is 7.04. The summed E-state index contributed by atoms with van der Waals surface area (Å²) in [5, 5.41) is 0. The minimum absolute atomic E-state index is 0.0397. The van der Waals surface area contributed by atoms with Crippen molar-refractivity contribution in [3.8, 4) is 0 Å². The Morgan fingerprint density at radius 3 is 2.67 bits per heavy atom. The van der Waals surface area contributed by atoms with E-state index in [1.54, 1.807) is 6.26 Å². The molecule has 0 N–H and O–H groups in total. The van der Waals surface area contributed by atoms with Crippen LogP contribution in [0.5, 0.6) is 0 Å². The molecule has 1 aromatic heterocycles. The molecule has 0 radical (unpaired) electrons. The van der Waals surface area contributed by atoms with Gasteiger partial charge < -0.3 is 4.57 Å². The van der Waals surface area contributed by atoms with Crippen LogP contribution < -0.4 is 0 Å². The van der Waals surface area contributed by atoms with E-state index >= 15 is 0 Å². The van der Waals surface area contributed by atoms with Crippen LogP contribution in [0.1, 0.15) is 42.0 Å². The lowest BCUT2D eigenvalue weighted by Crippen LogP contribution is -2.28. The van der Waals surface area contributed by atoms with Gasteiger partial charge in [-0.25, -0.2) is 0 Å². The molecule has 1 aliphatic carbocycles. The molecule has 3 nitrogen and oxygen atoms in total. The summed E-state index contributed by atoms with van der Waals surface area (Å²) in [4.78, 5) is 12.1. The number of nitrogens with zero attached hydrogens (tertiary/aromatic N) is 1. The number of aromatic nitrogens is 1. The summed E-state index contributed by atoms with van der Waals surface area (Å²) in [5.74, 6) is 0.900. The summed E-state index contributed by atoms with van der Waals surface area (Å²) >= 11 is 0. The third kappa shape index (κ3) is 2.58. The average molecular weight is 267 g/mol. The van der Waals surface area contributed by atoms with E-state index < -0.39 is 10.8 Å². The lowest BCUT2D eigenvalue weighted by molar-refractivity contribution is 0.0910. The SMILES string of the molecule is Cc1cc2c(n1CCS(C)=O)CC(C)(C)CC2=O. The minimum Gasteiger partial charge on any atom is -0.347 e. The molecule has 18 heavy (non-hydrogen) atoms. The molecule has 0 aromatic carbocycles. The number of hydrogen-bond acceptors (Lipinski definition) is 2. The van der Waals surface area contributed by atoms with E-state index in [-0.39, 0.29) is 11.2 Å². The Balaban J connectivity index is 2.38. The van der Waals surface area contributed by atoms with Crippen LogP contribution in [-0.4, -0.2) is 26.6 Å². The Morgan fingerprint density at radius 1 is 1.39 bits per heavy atom. The van der Waals surface area contributed by atoms with Gasteiger partial charge in [0.15, 0.2) is 5.78 Å². The van der Waals surface area contributed by atoms with Gasteiger partial charge in [-0.15, -0.1) is 0 Å². The van der Waals surface area contributed by atoms with Gasteiger partial charge >= 0.3 is 0 Å². The molecule has 2 rings (SSSR count). The van der Waals surface area contributed by atoms with Gasteiger partial charge in [0.25, 0.3) is 0 Å². The molecule has 0 amide bonds. The molecular formula is C14H21NO2S. The Hall–Kier alpha value is -0.900. The minimum atomic E-state index is -0.793. The maximum Gasteiger partial charge on any atom is 0.165 e. The first kappa shape index (κ1) is 13.5. The summed E-state index contributed by atoms with van der Waals surface area (Å²) in [5.41, 5.74) is 3.17. The second-order valence-corrected chi connectivity index (χ2v) is 7.57. The van der Waals surface area contributed by atoms with Gasteiger partial charge in [0.1, 0.15) is 0 Å². The van der Waals surface area contributed by atoms with E-state index in [2.05, 4.69) is 18.4 Å². The van der Waals surface area contributed by atoms with Crippen molar-refractivity contribution in [2.75, 3.05) is 12.0 Å². The number of aryl methyl sites for hydroxylation is 1. The molecule has 1 aliphatic rings. The molecule has 0 bridgehead atoms. The van der Waals surface area contributed by atoms with Crippen LogP contribution in [0.2, 0.25) is 0 Å². The van der Waals surface area contributed by atoms with Crippen molar-refractivity contribution in [2.24, 2.45) is 5.41 Å². The molecular weight excluding hydrogens is 246 g/mol. The maximum absolute atomic E-state index is 12.1. The van der Waals surface area contributed by atoms with Crippen molar-refractivity contribution < 1.29 is 9.00 Å². The zero-order chi connectivity index (χ0) is 13.5. The van der Waals surface area contributed by atoms with Crippen molar-refractivity contribution in [1.82, 2.24) is 4.57 Å². The van der Waals surface area contributed by atoms with Crippen LogP contribution in [0.3, 0.4) is 0 Å². The van der Waals surface area contributed by atoms with Crippen molar-refractivity contribution >= 4 is 16.6 Å². The second-order valence-electron chi connectivity index (χ2n) is 6.02. The van der Waals surface area contributed by atoms with E-state index in [0.29, 0.717) is 12.2 Å². The molecule has 0 fully saturated rings. The van der Waals surface area contributed by atoms with E-state index in [0.717, 1.165) is 29.9 Å². The number of rotatable bonds is 3. The third-order valence-corrected chi connectivity index (χ3v) is 4.36. The van der Waals surface area contributed by atoms with Crippen molar-refractivity contribution in [2.45, 2.75) is 40.2 Å². The van der Waals surface area contributed by atoms with Crippen LogP contribution >= 0.6 is 0 Å².